The van der Waals surface area contributed by atoms with E-state index in [1.807, 2.05) is 30.3 Å². The Hall–Kier alpha value is -1.69. The normalized spacial score (nSPS) is 18.6. The van der Waals surface area contributed by atoms with Crippen molar-refractivity contribution in [3.63, 3.8) is 0 Å². The van der Waals surface area contributed by atoms with Crippen LogP contribution in [0.25, 0.3) is 0 Å². The fourth-order valence-corrected chi connectivity index (χ4v) is 4.21. The molecule has 2 unspecified atom stereocenters. The number of hydrogen-bond acceptors (Lipinski definition) is 4. The van der Waals surface area contributed by atoms with E-state index in [2.05, 4.69) is 34.7 Å². The highest BCUT2D eigenvalue weighted by molar-refractivity contribution is 7.10. The van der Waals surface area contributed by atoms with Crippen LogP contribution in [0, 0.1) is 5.92 Å². The molecule has 1 fully saturated rings. The van der Waals surface area contributed by atoms with Gasteiger partial charge in [-0.15, -0.1) is 11.3 Å². The van der Waals surface area contributed by atoms with Crippen LogP contribution in [-0.2, 0) is 4.79 Å². The average molecular weight is 358 g/mol. The van der Waals surface area contributed by atoms with E-state index in [1.54, 1.807) is 11.3 Å². The van der Waals surface area contributed by atoms with Crippen molar-refractivity contribution in [1.29, 1.82) is 0 Å². The molecular formula is C20H27N3OS. The van der Waals surface area contributed by atoms with Crippen molar-refractivity contribution in [1.82, 2.24) is 10.2 Å². The highest BCUT2D eigenvalue weighted by atomic mass is 32.1. The molecule has 5 heteroatoms. The second-order valence-corrected chi connectivity index (χ2v) is 7.86. The van der Waals surface area contributed by atoms with Crippen molar-refractivity contribution < 1.29 is 4.79 Å². The molecular weight excluding hydrogens is 330 g/mol. The van der Waals surface area contributed by atoms with E-state index in [-0.39, 0.29) is 11.9 Å². The summed E-state index contributed by atoms with van der Waals surface area (Å²) in [5, 5.41) is 5.18. The van der Waals surface area contributed by atoms with Gasteiger partial charge in [-0.3, -0.25) is 9.69 Å². The van der Waals surface area contributed by atoms with E-state index in [0.717, 1.165) is 24.6 Å². The first kappa shape index (κ1) is 18.1. The molecule has 1 saturated heterocycles. The summed E-state index contributed by atoms with van der Waals surface area (Å²) in [6.07, 6.45) is 2.44. The number of carbonyl (C=O) groups excluding carboxylic acids is 1. The summed E-state index contributed by atoms with van der Waals surface area (Å²) >= 11 is 1.76. The number of rotatable bonds is 6. The van der Waals surface area contributed by atoms with Crippen molar-refractivity contribution >= 4 is 17.2 Å². The molecule has 2 aromatic rings. The maximum absolute atomic E-state index is 12.5. The Morgan fingerprint density at radius 2 is 1.96 bits per heavy atom. The molecule has 134 valence electrons. The van der Waals surface area contributed by atoms with Crippen LogP contribution in [0.15, 0.2) is 47.8 Å². The molecule has 1 aliphatic rings. The quantitative estimate of drug-likeness (QED) is 0.834. The number of nitrogens with zero attached hydrogens (tertiary/aromatic N) is 1. The third kappa shape index (κ3) is 4.69. The maximum Gasteiger partial charge on any atom is 0.241 e. The summed E-state index contributed by atoms with van der Waals surface area (Å²) in [4.78, 5) is 16.3. The average Bonchev–Trinajstić information content (AvgIpc) is 3.17. The van der Waals surface area contributed by atoms with E-state index < -0.39 is 6.04 Å². The maximum atomic E-state index is 12.5. The van der Waals surface area contributed by atoms with Crippen LogP contribution in [0.4, 0.5) is 0 Å². The van der Waals surface area contributed by atoms with E-state index in [4.69, 9.17) is 5.73 Å². The van der Waals surface area contributed by atoms with Gasteiger partial charge in [-0.1, -0.05) is 43.3 Å². The highest BCUT2D eigenvalue weighted by Crippen LogP contribution is 2.29. The second-order valence-electron chi connectivity index (χ2n) is 6.88. The van der Waals surface area contributed by atoms with E-state index >= 15 is 0 Å². The van der Waals surface area contributed by atoms with Gasteiger partial charge in [0, 0.05) is 11.4 Å². The van der Waals surface area contributed by atoms with Crippen LogP contribution in [0.1, 0.15) is 42.3 Å². The van der Waals surface area contributed by atoms with Gasteiger partial charge in [0.2, 0.25) is 5.91 Å². The van der Waals surface area contributed by atoms with Crippen LogP contribution >= 0.6 is 11.3 Å². The topological polar surface area (TPSA) is 58.4 Å². The molecule has 0 saturated carbocycles. The number of nitrogens with two attached hydrogens (primary N) is 1. The second kappa shape index (κ2) is 8.61. The number of nitrogens with one attached hydrogen (secondary N) is 1. The summed E-state index contributed by atoms with van der Waals surface area (Å²) in [7, 11) is 0. The van der Waals surface area contributed by atoms with Gasteiger partial charge in [0.1, 0.15) is 6.04 Å². The van der Waals surface area contributed by atoms with Crippen molar-refractivity contribution in [3.8, 4) is 0 Å². The molecule has 0 radical (unpaired) electrons. The Morgan fingerprint density at radius 1 is 1.24 bits per heavy atom. The molecule has 0 bridgehead atoms. The fraction of sp³-hybridized carbons (Fsp3) is 0.450. The van der Waals surface area contributed by atoms with Crippen LogP contribution in [0.2, 0.25) is 0 Å². The summed E-state index contributed by atoms with van der Waals surface area (Å²) < 4.78 is 0. The number of carbonyl (C=O) groups is 1. The number of amides is 1. The minimum absolute atomic E-state index is 0.113. The van der Waals surface area contributed by atoms with Gasteiger partial charge in [0.05, 0.1) is 6.04 Å². The monoisotopic (exact) mass is 357 g/mol. The van der Waals surface area contributed by atoms with Gasteiger partial charge < -0.3 is 11.1 Å². The predicted octanol–water partition coefficient (Wildman–Crippen LogP) is 3.34. The van der Waals surface area contributed by atoms with Crippen molar-refractivity contribution in [2.45, 2.75) is 31.8 Å². The number of hydrogen-bond donors (Lipinski definition) is 2. The molecule has 3 N–H and O–H groups in total. The van der Waals surface area contributed by atoms with Crippen LogP contribution in [0.3, 0.4) is 0 Å². The summed E-state index contributed by atoms with van der Waals surface area (Å²) in [5.74, 6) is 0.680. The third-order valence-electron chi connectivity index (χ3n) is 5.04. The smallest absolute Gasteiger partial charge is 0.241 e. The Morgan fingerprint density at radius 3 is 2.60 bits per heavy atom. The number of piperidine rings is 1. The lowest BCUT2D eigenvalue weighted by Gasteiger charge is -2.36. The Bertz CT molecular complexity index is 651. The zero-order valence-corrected chi connectivity index (χ0v) is 15.5. The lowest BCUT2D eigenvalue weighted by atomic mass is 9.97. The van der Waals surface area contributed by atoms with Gasteiger partial charge in [-0.05, 0) is 48.9 Å². The highest BCUT2D eigenvalue weighted by Gasteiger charge is 2.26. The Kier molecular flexibility index (Phi) is 6.24. The number of benzene rings is 1. The molecule has 25 heavy (non-hydrogen) atoms. The number of thiophene rings is 1. The molecule has 2 heterocycles. The van der Waals surface area contributed by atoms with Crippen LogP contribution < -0.4 is 11.1 Å². The zero-order chi connectivity index (χ0) is 17.6. The van der Waals surface area contributed by atoms with Gasteiger partial charge in [0.25, 0.3) is 0 Å². The lowest BCUT2D eigenvalue weighted by Crippen LogP contribution is -2.43. The van der Waals surface area contributed by atoms with Crippen LogP contribution in [0.5, 0.6) is 0 Å². The summed E-state index contributed by atoms with van der Waals surface area (Å²) in [5.41, 5.74) is 6.96. The van der Waals surface area contributed by atoms with Gasteiger partial charge >= 0.3 is 0 Å². The largest absolute Gasteiger partial charge is 0.352 e. The van der Waals surface area contributed by atoms with E-state index in [1.165, 1.54) is 17.7 Å². The van der Waals surface area contributed by atoms with Crippen molar-refractivity contribution in [3.05, 3.63) is 58.3 Å². The first-order valence-corrected chi connectivity index (χ1v) is 9.89. The Balaban J connectivity index is 1.63. The zero-order valence-electron chi connectivity index (χ0n) is 14.7. The predicted molar refractivity (Wildman–Crippen MR) is 103 cm³/mol. The Labute approximate surface area is 154 Å². The molecule has 3 rings (SSSR count). The molecule has 0 aliphatic carbocycles. The SMILES string of the molecule is CC1CCN(C(CNC(=O)C(N)c2ccccc2)c2cccs2)CC1. The number of likely N-dealkylation sites (tertiary alicyclic amines) is 1. The van der Waals surface area contributed by atoms with Crippen molar-refractivity contribution in [2.75, 3.05) is 19.6 Å². The molecule has 1 aromatic carbocycles. The first-order chi connectivity index (χ1) is 12.1. The molecule has 1 amide bonds. The molecule has 1 aromatic heterocycles. The fourth-order valence-electron chi connectivity index (χ4n) is 3.35. The standard InChI is InChI=1S/C20H27N3OS/c1-15-9-11-23(12-10-15)17(18-8-5-13-25-18)14-22-20(24)19(21)16-6-3-2-4-7-16/h2-8,13,15,17,19H,9-12,14,21H2,1H3,(H,22,24). The molecule has 0 spiro atoms. The molecule has 1 aliphatic heterocycles. The third-order valence-corrected chi connectivity index (χ3v) is 6.01. The van der Waals surface area contributed by atoms with Gasteiger partial charge in [-0.25, -0.2) is 0 Å². The van der Waals surface area contributed by atoms with E-state index in [0.29, 0.717) is 6.54 Å². The minimum Gasteiger partial charge on any atom is -0.352 e. The summed E-state index contributed by atoms with van der Waals surface area (Å²) in [6.45, 7) is 5.10. The van der Waals surface area contributed by atoms with Crippen molar-refractivity contribution in [2.24, 2.45) is 11.7 Å². The van der Waals surface area contributed by atoms with Gasteiger partial charge in [0.15, 0.2) is 0 Å². The first-order valence-electron chi connectivity index (χ1n) is 9.01. The lowest BCUT2D eigenvalue weighted by molar-refractivity contribution is -0.122. The summed E-state index contributed by atoms with van der Waals surface area (Å²) in [6, 6.07) is 13.4. The van der Waals surface area contributed by atoms with Crippen LogP contribution in [-0.4, -0.2) is 30.4 Å². The molecule has 4 nitrogen and oxygen atoms in total. The molecule has 2 atom stereocenters. The minimum atomic E-state index is -0.619. The van der Waals surface area contributed by atoms with E-state index in [9.17, 15) is 4.79 Å². The van der Waals surface area contributed by atoms with Gasteiger partial charge in [-0.2, -0.15) is 0 Å².